The molecule has 1 rings (SSSR count). The summed E-state index contributed by atoms with van der Waals surface area (Å²) in [7, 11) is 0. The number of hydrogen-bond acceptors (Lipinski definition) is 6. The summed E-state index contributed by atoms with van der Waals surface area (Å²) in [6, 6.07) is 0. The van der Waals surface area contributed by atoms with E-state index >= 15 is 0 Å². The highest BCUT2D eigenvalue weighted by Crippen LogP contribution is 2.46. The summed E-state index contributed by atoms with van der Waals surface area (Å²) in [6.45, 7) is 16.6. The molecule has 1 aliphatic carbocycles. The molecule has 2 atom stereocenters. The highest BCUT2D eigenvalue weighted by Gasteiger charge is 2.46. The molecule has 1 saturated carbocycles. The molecule has 0 aromatic heterocycles. The lowest BCUT2D eigenvalue weighted by molar-refractivity contribution is -0.152. The van der Waals surface area contributed by atoms with Crippen LogP contribution in [0.4, 0.5) is 0 Å². The Bertz CT molecular complexity index is 1300. The zero-order valence-corrected chi connectivity index (χ0v) is 28.9. The maximum atomic E-state index is 12.3. The van der Waals surface area contributed by atoms with Crippen molar-refractivity contribution in [2.24, 2.45) is 5.41 Å². The fraction of sp³-hybridized carbons (Fsp3) is 0.487. The van der Waals surface area contributed by atoms with E-state index < -0.39 is 11.0 Å². The minimum atomic E-state index is -1.21. The van der Waals surface area contributed by atoms with Crippen molar-refractivity contribution >= 4 is 17.7 Å². The van der Waals surface area contributed by atoms with Crippen molar-refractivity contribution in [3.8, 4) is 0 Å². The molecule has 0 amide bonds. The topological polar surface area (TPSA) is 89.9 Å². The highest BCUT2D eigenvalue weighted by atomic mass is 16.5. The molecular formula is C39H54O6. The van der Waals surface area contributed by atoms with Crippen molar-refractivity contribution in [1.82, 2.24) is 0 Å². The highest BCUT2D eigenvalue weighted by molar-refractivity contribution is 5.92. The minimum Gasteiger partial charge on any atom is -0.462 e. The van der Waals surface area contributed by atoms with Crippen LogP contribution in [0.1, 0.15) is 101 Å². The second-order valence-electron chi connectivity index (χ2n) is 12.7. The molecule has 0 heterocycles. The van der Waals surface area contributed by atoms with Crippen LogP contribution in [0.3, 0.4) is 0 Å². The SMILES string of the molecule is CCCCCC(=O)OC\C(C=C=C1C(C)(C)CC(OC(C)=O)CC1(C)O)=C/C=C/C(C)=C/C=C/C=C(C)/C=C/C=C(\C)C(C)=O. The Balaban J connectivity index is 3.18. The van der Waals surface area contributed by atoms with Crippen molar-refractivity contribution in [2.75, 3.05) is 6.61 Å². The van der Waals surface area contributed by atoms with Crippen molar-refractivity contribution in [2.45, 2.75) is 113 Å². The molecule has 0 aliphatic heterocycles. The smallest absolute Gasteiger partial charge is 0.306 e. The Morgan fingerprint density at radius 1 is 0.867 bits per heavy atom. The maximum Gasteiger partial charge on any atom is 0.306 e. The van der Waals surface area contributed by atoms with Crippen LogP contribution >= 0.6 is 0 Å². The Morgan fingerprint density at radius 3 is 2.00 bits per heavy atom. The number of hydrogen-bond donors (Lipinski definition) is 1. The Morgan fingerprint density at radius 2 is 1.47 bits per heavy atom. The van der Waals surface area contributed by atoms with Gasteiger partial charge in [-0.05, 0) is 70.1 Å². The first-order valence-electron chi connectivity index (χ1n) is 15.8. The minimum absolute atomic E-state index is 0.0605. The van der Waals surface area contributed by atoms with Gasteiger partial charge < -0.3 is 14.6 Å². The summed E-state index contributed by atoms with van der Waals surface area (Å²) in [6.07, 6.45) is 24.7. The lowest BCUT2D eigenvalue weighted by atomic mass is 9.65. The number of aliphatic hydroxyl groups is 1. The van der Waals surface area contributed by atoms with Crippen LogP contribution in [0.15, 0.2) is 100 Å². The number of Topliss-reactive ketones (excluding diaryl/α,β-unsaturated/α-hetero) is 1. The number of carbonyl (C=O) groups excluding carboxylic acids is 3. The molecule has 45 heavy (non-hydrogen) atoms. The normalized spacial score (nSPS) is 21.4. The molecule has 0 saturated heterocycles. The molecule has 0 spiro atoms. The molecule has 2 unspecified atom stereocenters. The standard InChI is InChI=1S/C39H54O6/c1-10-11-12-23-37(42)44-28-34(24-25-36-38(7,8)26-35(45-33(6)41)27-39(36,9)43)22-16-20-30(3)18-14-13-17-29(2)19-15-21-31(4)32(5)40/h13-22,24,35,43H,10-12,23,26-28H2,1-9H3/b14-13+,19-15+,20-16+,29-17+,30-18+,31-21+,34-22-. The predicted molar refractivity (Wildman–Crippen MR) is 183 cm³/mol. The summed E-state index contributed by atoms with van der Waals surface area (Å²) >= 11 is 0. The Labute approximate surface area is 271 Å². The average molecular weight is 619 g/mol. The quantitative estimate of drug-likeness (QED) is 0.0649. The van der Waals surface area contributed by atoms with Crippen molar-refractivity contribution in [1.29, 1.82) is 0 Å². The van der Waals surface area contributed by atoms with Gasteiger partial charge in [-0.1, -0.05) is 106 Å². The monoisotopic (exact) mass is 618 g/mol. The van der Waals surface area contributed by atoms with E-state index in [0.717, 1.165) is 36.0 Å². The molecule has 0 aromatic rings. The van der Waals surface area contributed by atoms with E-state index in [1.165, 1.54) is 6.92 Å². The number of allylic oxidation sites excluding steroid dienone is 13. The van der Waals surface area contributed by atoms with Gasteiger partial charge in [0.2, 0.25) is 0 Å². The fourth-order valence-electron chi connectivity index (χ4n) is 5.06. The summed E-state index contributed by atoms with van der Waals surface area (Å²) < 4.78 is 11.0. The number of esters is 2. The lowest BCUT2D eigenvalue weighted by Gasteiger charge is -2.44. The average Bonchev–Trinajstić information content (AvgIpc) is 2.92. The molecule has 246 valence electrons. The van der Waals surface area contributed by atoms with Gasteiger partial charge >= 0.3 is 11.9 Å². The summed E-state index contributed by atoms with van der Waals surface area (Å²) in [4.78, 5) is 35.2. The van der Waals surface area contributed by atoms with E-state index in [2.05, 4.69) is 12.7 Å². The van der Waals surface area contributed by atoms with Crippen LogP contribution < -0.4 is 0 Å². The third-order valence-electron chi connectivity index (χ3n) is 7.46. The zero-order valence-electron chi connectivity index (χ0n) is 28.9. The first kappa shape index (κ1) is 39.3. The number of carbonyl (C=O) groups is 3. The molecule has 0 bridgehead atoms. The van der Waals surface area contributed by atoms with E-state index in [0.29, 0.717) is 24.0 Å². The van der Waals surface area contributed by atoms with E-state index in [4.69, 9.17) is 9.47 Å². The van der Waals surface area contributed by atoms with Crippen LogP contribution in [-0.4, -0.2) is 41.1 Å². The first-order valence-corrected chi connectivity index (χ1v) is 15.8. The molecule has 1 N–H and O–H groups in total. The van der Waals surface area contributed by atoms with Gasteiger partial charge in [-0.2, -0.15) is 0 Å². The number of rotatable bonds is 15. The molecular weight excluding hydrogens is 564 g/mol. The van der Waals surface area contributed by atoms with Gasteiger partial charge in [-0.25, -0.2) is 0 Å². The second-order valence-corrected chi connectivity index (χ2v) is 12.7. The molecule has 0 aromatic carbocycles. The van der Waals surface area contributed by atoms with E-state index in [9.17, 15) is 19.5 Å². The van der Waals surface area contributed by atoms with Crippen LogP contribution in [0.2, 0.25) is 0 Å². The molecule has 6 heteroatoms. The largest absolute Gasteiger partial charge is 0.462 e. The van der Waals surface area contributed by atoms with Gasteiger partial charge in [0, 0.05) is 25.3 Å². The van der Waals surface area contributed by atoms with Crippen molar-refractivity contribution < 1.29 is 29.0 Å². The van der Waals surface area contributed by atoms with E-state index in [1.54, 1.807) is 32.9 Å². The van der Waals surface area contributed by atoms with Gasteiger partial charge in [0.25, 0.3) is 0 Å². The van der Waals surface area contributed by atoms with E-state index in [1.807, 2.05) is 82.4 Å². The third kappa shape index (κ3) is 16.2. The van der Waals surface area contributed by atoms with Crippen LogP contribution in [-0.2, 0) is 23.9 Å². The predicted octanol–water partition coefficient (Wildman–Crippen LogP) is 8.72. The maximum absolute atomic E-state index is 12.3. The molecule has 1 aliphatic rings. The van der Waals surface area contributed by atoms with Crippen molar-refractivity contribution in [3.05, 3.63) is 100 Å². The van der Waals surface area contributed by atoms with Gasteiger partial charge in [0.1, 0.15) is 12.7 Å². The molecule has 6 nitrogen and oxygen atoms in total. The van der Waals surface area contributed by atoms with Crippen LogP contribution in [0, 0.1) is 5.41 Å². The van der Waals surface area contributed by atoms with Gasteiger partial charge in [-0.3, -0.25) is 14.4 Å². The fourth-order valence-corrected chi connectivity index (χ4v) is 5.06. The number of ether oxygens (including phenoxy) is 2. The Kier molecular flexibility index (Phi) is 17.1. The van der Waals surface area contributed by atoms with Gasteiger partial charge in [0.05, 0.1) is 5.60 Å². The van der Waals surface area contributed by atoms with Gasteiger partial charge in [-0.15, -0.1) is 5.73 Å². The molecule has 1 fully saturated rings. The third-order valence-corrected chi connectivity index (χ3v) is 7.46. The Hall–Kier alpha value is -3.73. The summed E-state index contributed by atoms with van der Waals surface area (Å²) in [5.41, 5.74) is 5.89. The van der Waals surface area contributed by atoms with Crippen molar-refractivity contribution in [3.63, 3.8) is 0 Å². The zero-order chi connectivity index (χ0) is 34.0. The number of unbranched alkanes of at least 4 members (excludes halogenated alkanes) is 2. The van der Waals surface area contributed by atoms with Crippen LogP contribution in [0.5, 0.6) is 0 Å². The summed E-state index contributed by atoms with van der Waals surface area (Å²) in [5.74, 6) is -0.538. The van der Waals surface area contributed by atoms with Crippen LogP contribution in [0.25, 0.3) is 0 Å². The summed E-state index contributed by atoms with van der Waals surface area (Å²) in [5, 5.41) is 11.3. The lowest BCUT2D eigenvalue weighted by Crippen LogP contribution is -2.46. The number of ketones is 1. The van der Waals surface area contributed by atoms with Gasteiger partial charge in [0.15, 0.2) is 5.78 Å². The van der Waals surface area contributed by atoms with E-state index in [-0.39, 0.29) is 36.9 Å². The second kappa shape index (κ2) is 19.6. The first-order chi connectivity index (χ1) is 21.1. The molecule has 0 radical (unpaired) electrons.